The van der Waals surface area contributed by atoms with E-state index < -0.39 is 0 Å². The lowest BCUT2D eigenvalue weighted by atomic mass is 10.1. The number of amides is 1. The highest BCUT2D eigenvalue weighted by Crippen LogP contribution is 2.18. The van der Waals surface area contributed by atoms with Gasteiger partial charge < -0.3 is 14.9 Å². The second-order valence-corrected chi connectivity index (χ2v) is 7.20. The normalized spacial score (nSPS) is 11.3. The van der Waals surface area contributed by atoms with Crippen LogP contribution in [-0.2, 0) is 6.54 Å². The first-order valence-electron chi connectivity index (χ1n) is 9.78. The summed E-state index contributed by atoms with van der Waals surface area (Å²) in [5.41, 5.74) is 3.04. The predicted molar refractivity (Wildman–Crippen MR) is 115 cm³/mol. The number of hydrogen-bond donors (Lipinski definition) is 2. The van der Waals surface area contributed by atoms with Crippen molar-refractivity contribution in [2.75, 3.05) is 6.54 Å². The Labute approximate surface area is 175 Å². The third-order valence-electron chi connectivity index (χ3n) is 5.20. The Morgan fingerprint density at radius 2 is 1.90 bits per heavy atom. The molecule has 8 heteroatoms. The van der Waals surface area contributed by atoms with Gasteiger partial charge >= 0.3 is 0 Å². The molecule has 2 aromatic carbocycles. The van der Waals surface area contributed by atoms with Crippen molar-refractivity contribution >= 4 is 22.3 Å². The number of carbonyl (C=O) groups is 1. The van der Waals surface area contributed by atoms with Gasteiger partial charge in [0.05, 0.1) is 5.69 Å². The molecule has 0 aliphatic carbocycles. The Kier molecular flexibility index (Phi) is 4.59. The minimum Gasteiger partial charge on any atom is -0.361 e. The minimum absolute atomic E-state index is 0.194. The molecule has 31 heavy (non-hydrogen) atoms. The summed E-state index contributed by atoms with van der Waals surface area (Å²) in [5, 5.41) is 8.21. The Hall–Kier alpha value is -4.20. The molecule has 0 fully saturated rings. The Morgan fingerprint density at radius 1 is 1.06 bits per heavy atom. The summed E-state index contributed by atoms with van der Waals surface area (Å²) in [6.45, 7) is 0.629. The molecule has 0 aliphatic heterocycles. The molecule has 3 aromatic heterocycles. The first kappa shape index (κ1) is 18.8. The summed E-state index contributed by atoms with van der Waals surface area (Å²) in [4.78, 5) is 28.3. The monoisotopic (exact) mass is 415 g/mol. The average molecular weight is 415 g/mol. The summed E-state index contributed by atoms with van der Waals surface area (Å²) in [6, 6.07) is 15.0. The van der Waals surface area contributed by atoms with Crippen LogP contribution >= 0.6 is 0 Å². The van der Waals surface area contributed by atoms with Crippen molar-refractivity contribution < 1.29 is 9.18 Å². The zero-order valence-corrected chi connectivity index (χ0v) is 16.4. The molecule has 5 rings (SSSR count). The third kappa shape index (κ3) is 3.59. The van der Waals surface area contributed by atoms with Crippen molar-refractivity contribution in [3.63, 3.8) is 0 Å². The van der Waals surface area contributed by atoms with Gasteiger partial charge in [-0.3, -0.25) is 9.59 Å². The molecule has 0 saturated heterocycles. The molecule has 0 bridgehead atoms. The molecule has 5 aromatic rings. The number of hydrogen-bond acceptors (Lipinski definition) is 3. The molecule has 0 unspecified atom stereocenters. The minimum atomic E-state index is -0.329. The summed E-state index contributed by atoms with van der Waals surface area (Å²) >= 11 is 0. The number of benzene rings is 2. The highest BCUT2D eigenvalue weighted by molar-refractivity contribution is 5.98. The van der Waals surface area contributed by atoms with Gasteiger partial charge in [0.15, 0.2) is 0 Å². The molecule has 0 spiro atoms. The van der Waals surface area contributed by atoms with Crippen LogP contribution in [0, 0.1) is 5.82 Å². The van der Waals surface area contributed by atoms with Crippen molar-refractivity contribution in [3.8, 4) is 11.3 Å². The van der Waals surface area contributed by atoms with Crippen LogP contribution in [0.3, 0.4) is 0 Å². The van der Waals surface area contributed by atoms with E-state index in [9.17, 15) is 14.0 Å². The van der Waals surface area contributed by atoms with Crippen molar-refractivity contribution in [2.24, 2.45) is 0 Å². The van der Waals surface area contributed by atoms with Gasteiger partial charge in [0, 0.05) is 53.7 Å². The number of fused-ring (bicyclic) bond motifs is 2. The van der Waals surface area contributed by atoms with Crippen LogP contribution < -0.4 is 10.9 Å². The molecule has 3 heterocycles. The van der Waals surface area contributed by atoms with Gasteiger partial charge in [0.25, 0.3) is 11.5 Å². The second kappa shape index (κ2) is 7.56. The maximum atomic E-state index is 13.2. The molecular formula is C23H18FN5O2. The largest absolute Gasteiger partial charge is 0.361 e. The predicted octanol–water partition coefficient (Wildman–Crippen LogP) is 3.21. The highest BCUT2D eigenvalue weighted by atomic mass is 19.1. The van der Waals surface area contributed by atoms with Crippen LogP contribution in [0.25, 0.3) is 27.7 Å². The number of carbonyl (C=O) groups excluding carboxylic acids is 1. The molecule has 0 aliphatic rings. The van der Waals surface area contributed by atoms with E-state index in [1.807, 2.05) is 24.4 Å². The molecule has 2 N–H and O–H groups in total. The van der Waals surface area contributed by atoms with Gasteiger partial charge in [0.2, 0.25) is 0 Å². The van der Waals surface area contributed by atoms with Crippen molar-refractivity contribution in [1.29, 1.82) is 0 Å². The van der Waals surface area contributed by atoms with Gasteiger partial charge in [-0.15, -0.1) is 0 Å². The smallest absolute Gasteiger partial charge is 0.276 e. The van der Waals surface area contributed by atoms with Crippen LogP contribution in [0.5, 0.6) is 0 Å². The SMILES string of the molecule is O=C(NCCn1ccn2nc(-c3ccc(F)cc3)cc2c1=O)c1ccc2[nH]ccc2c1. The van der Waals surface area contributed by atoms with Crippen LogP contribution in [0.1, 0.15) is 10.4 Å². The Balaban J connectivity index is 1.31. The van der Waals surface area contributed by atoms with E-state index in [0.717, 1.165) is 16.5 Å². The van der Waals surface area contributed by atoms with Gasteiger partial charge in [0.1, 0.15) is 11.3 Å². The van der Waals surface area contributed by atoms with Crippen LogP contribution in [-0.4, -0.2) is 31.6 Å². The van der Waals surface area contributed by atoms with Crippen molar-refractivity contribution in [3.05, 3.63) is 94.9 Å². The van der Waals surface area contributed by atoms with Crippen LogP contribution in [0.15, 0.2) is 78.0 Å². The number of halogens is 1. The standard InChI is InChI=1S/C23H18FN5O2/c24-18-4-1-15(2-5-18)20-14-21-23(31)28(11-12-29(21)27-20)10-9-26-22(30)17-3-6-19-16(13-17)7-8-25-19/h1-8,11-14,25H,9-10H2,(H,26,30). The van der Waals surface area contributed by atoms with E-state index in [1.165, 1.54) is 21.2 Å². The maximum Gasteiger partial charge on any atom is 0.276 e. The average Bonchev–Trinajstić information content (AvgIpc) is 3.42. The first-order chi connectivity index (χ1) is 15.1. The zero-order valence-electron chi connectivity index (χ0n) is 16.4. The zero-order chi connectivity index (χ0) is 21.4. The van der Waals surface area contributed by atoms with E-state index in [-0.39, 0.29) is 17.3 Å². The van der Waals surface area contributed by atoms with E-state index in [0.29, 0.717) is 29.9 Å². The fraction of sp³-hybridized carbons (Fsp3) is 0.0870. The molecule has 0 saturated carbocycles. The quantitative estimate of drug-likeness (QED) is 0.462. The number of rotatable bonds is 5. The van der Waals surface area contributed by atoms with Gasteiger partial charge in [-0.1, -0.05) is 0 Å². The van der Waals surface area contributed by atoms with Gasteiger partial charge in [-0.25, -0.2) is 8.91 Å². The molecular weight excluding hydrogens is 397 g/mol. The Bertz CT molecular complexity index is 1460. The van der Waals surface area contributed by atoms with Crippen molar-refractivity contribution in [2.45, 2.75) is 6.54 Å². The summed E-state index contributed by atoms with van der Waals surface area (Å²) in [5.74, 6) is -0.523. The fourth-order valence-corrected chi connectivity index (χ4v) is 3.55. The second-order valence-electron chi connectivity index (χ2n) is 7.20. The number of nitrogens with zero attached hydrogens (tertiary/aromatic N) is 3. The lowest BCUT2D eigenvalue weighted by Crippen LogP contribution is -2.31. The first-order valence-corrected chi connectivity index (χ1v) is 9.78. The van der Waals surface area contributed by atoms with E-state index in [1.54, 1.807) is 36.7 Å². The number of aromatic amines is 1. The number of nitrogens with one attached hydrogen (secondary N) is 2. The molecule has 7 nitrogen and oxygen atoms in total. The molecule has 0 radical (unpaired) electrons. The van der Waals surface area contributed by atoms with Crippen molar-refractivity contribution in [1.82, 2.24) is 24.5 Å². The third-order valence-corrected chi connectivity index (χ3v) is 5.20. The van der Waals surface area contributed by atoms with E-state index in [4.69, 9.17) is 0 Å². The van der Waals surface area contributed by atoms with E-state index in [2.05, 4.69) is 15.4 Å². The number of H-pyrrole nitrogens is 1. The summed E-state index contributed by atoms with van der Waals surface area (Å²) < 4.78 is 16.2. The number of aromatic nitrogens is 4. The lowest BCUT2D eigenvalue weighted by Gasteiger charge is -2.08. The fourth-order valence-electron chi connectivity index (χ4n) is 3.55. The lowest BCUT2D eigenvalue weighted by molar-refractivity contribution is 0.0952. The Morgan fingerprint density at radius 3 is 2.74 bits per heavy atom. The van der Waals surface area contributed by atoms with Crippen LogP contribution in [0.4, 0.5) is 4.39 Å². The van der Waals surface area contributed by atoms with Gasteiger partial charge in [-0.2, -0.15) is 5.10 Å². The summed E-state index contributed by atoms with van der Waals surface area (Å²) in [6.07, 6.45) is 5.15. The maximum absolute atomic E-state index is 13.2. The summed E-state index contributed by atoms with van der Waals surface area (Å²) in [7, 11) is 0. The molecule has 154 valence electrons. The molecule has 0 atom stereocenters. The highest BCUT2D eigenvalue weighted by Gasteiger charge is 2.10. The molecule has 1 amide bonds. The van der Waals surface area contributed by atoms with Crippen LogP contribution in [0.2, 0.25) is 0 Å². The van der Waals surface area contributed by atoms with Gasteiger partial charge in [-0.05, 0) is 54.6 Å². The topological polar surface area (TPSA) is 84.2 Å². The van der Waals surface area contributed by atoms with E-state index >= 15 is 0 Å².